The molecule has 0 atom stereocenters. The van der Waals surface area contributed by atoms with Gasteiger partial charge in [0.05, 0.1) is 11.6 Å². The largest absolute Gasteiger partial charge is 0.492 e. The number of piperazine rings is 1. The number of rotatable bonds is 4. The van der Waals surface area contributed by atoms with E-state index >= 15 is 0 Å². The second kappa shape index (κ2) is 6.55. The Morgan fingerprint density at radius 1 is 1.26 bits per heavy atom. The molecule has 0 saturated carbocycles. The first kappa shape index (κ1) is 13.9. The third-order valence-electron chi connectivity index (χ3n) is 3.58. The average Bonchev–Trinajstić information content (AvgIpc) is 2.43. The molecule has 1 aliphatic rings. The van der Waals surface area contributed by atoms with Crippen LogP contribution in [-0.4, -0.2) is 56.2 Å². The Balaban J connectivity index is 1.81. The maximum absolute atomic E-state index is 8.89. The average molecular weight is 259 g/mol. The van der Waals surface area contributed by atoms with Crippen LogP contribution in [0, 0.1) is 18.3 Å². The summed E-state index contributed by atoms with van der Waals surface area (Å²) in [6, 6.07) is 7.72. The maximum Gasteiger partial charge on any atom is 0.123 e. The number of aryl methyl sites for hydroxylation is 1. The van der Waals surface area contributed by atoms with E-state index in [-0.39, 0.29) is 0 Å². The number of ether oxygens (including phenoxy) is 1. The molecule has 2 rings (SSSR count). The van der Waals surface area contributed by atoms with Gasteiger partial charge in [-0.3, -0.25) is 4.90 Å². The highest BCUT2D eigenvalue weighted by atomic mass is 16.5. The second-order valence-electron chi connectivity index (χ2n) is 5.09. The van der Waals surface area contributed by atoms with Crippen LogP contribution in [0.5, 0.6) is 5.75 Å². The standard InChI is InChI=1S/C15H21N3O/c1-13-3-4-14(12-16)11-15(13)19-10-9-18-7-5-17(2)6-8-18/h3-4,11H,5-10H2,1-2H3. The van der Waals surface area contributed by atoms with E-state index in [1.165, 1.54) is 0 Å². The molecule has 4 heteroatoms. The highest BCUT2D eigenvalue weighted by Crippen LogP contribution is 2.19. The molecule has 1 aromatic carbocycles. The van der Waals surface area contributed by atoms with Crippen molar-refractivity contribution in [3.8, 4) is 11.8 Å². The van der Waals surface area contributed by atoms with Gasteiger partial charge in [-0.1, -0.05) is 6.07 Å². The Hall–Kier alpha value is -1.57. The van der Waals surface area contributed by atoms with Gasteiger partial charge in [0.15, 0.2) is 0 Å². The Bertz CT molecular complexity index is 459. The topological polar surface area (TPSA) is 39.5 Å². The van der Waals surface area contributed by atoms with E-state index in [1.807, 2.05) is 25.1 Å². The zero-order valence-corrected chi connectivity index (χ0v) is 11.7. The summed E-state index contributed by atoms with van der Waals surface area (Å²) in [5, 5.41) is 8.89. The van der Waals surface area contributed by atoms with Crippen molar-refractivity contribution < 1.29 is 4.74 Å². The van der Waals surface area contributed by atoms with Gasteiger partial charge in [0.25, 0.3) is 0 Å². The zero-order valence-electron chi connectivity index (χ0n) is 11.7. The molecule has 102 valence electrons. The van der Waals surface area contributed by atoms with Crippen LogP contribution in [0.15, 0.2) is 18.2 Å². The quantitative estimate of drug-likeness (QED) is 0.821. The van der Waals surface area contributed by atoms with E-state index in [0.29, 0.717) is 12.2 Å². The van der Waals surface area contributed by atoms with E-state index < -0.39 is 0 Å². The van der Waals surface area contributed by atoms with Crippen molar-refractivity contribution in [1.29, 1.82) is 5.26 Å². The van der Waals surface area contributed by atoms with E-state index in [9.17, 15) is 0 Å². The number of nitrogens with zero attached hydrogens (tertiary/aromatic N) is 3. The Kier molecular flexibility index (Phi) is 4.78. The van der Waals surface area contributed by atoms with E-state index in [2.05, 4.69) is 22.9 Å². The van der Waals surface area contributed by atoms with Crippen LogP contribution in [0.3, 0.4) is 0 Å². The molecule has 1 saturated heterocycles. The predicted molar refractivity (Wildman–Crippen MR) is 75.3 cm³/mol. The van der Waals surface area contributed by atoms with Crippen molar-refractivity contribution in [2.24, 2.45) is 0 Å². The van der Waals surface area contributed by atoms with E-state index in [0.717, 1.165) is 44.0 Å². The maximum atomic E-state index is 8.89. The Morgan fingerprint density at radius 3 is 2.68 bits per heavy atom. The fourth-order valence-corrected chi connectivity index (χ4v) is 2.18. The number of hydrogen-bond donors (Lipinski definition) is 0. The highest BCUT2D eigenvalue weighted by Gasteiger charge is 2.13. The Labute approximate surface area is 115 Å². The van der Waals surface area contributed by atoms with Crippen molar-refractivity contribution >= 4 is 0 Å². The van der Waals surface area contributed by atoms with Gasteiger partial charge in [-0.25, -0.2) is 0 Å². The molecule has 1 heterocycles. The summed E-state index contributed by atoms with van der Waals surface area (Å²) in [4.78, 5) is 4.77. The van der Waals surface area contributed by atoms with Crippen molar-refractivity contribution in [3.05, 3.63) is 29.3 Å². The van der Waals surface area contributed by atoms with Crippen molar-refractivity contribution in [3.63, 3.8) is 0 Å². The van der Waals surface area contributed by atoms with Crippen LogP contribution in [0.1, 0.15) is 11.1 Å². The molecule has 0 amide bonds. The lowest BCUT2D eigenvalue weighted by molar-refractivity contribution is 0.133. The first-order valence-electron chi connectivity index (χ1n) is 6.73. The molecule has 19 heavy (non-hydrogen) atoms. The third kappa shape index (κ3) is 3.95. The van der Waals surface area contributed by atoms with Crippen LogP contribution in [0.2, 0.25) is 0 Å². The SMILES string of the molecule is Cc1ccc(C#N)cc1OCCN1CCN(C)CC1. The minimum absolute atomic E-state index is 0.653. The van der Waals surface area contributed by atoms with Crippen LogP contribution < -0.4 is 4.74 Å². The Morgan fingerprint density at radius 2 is 2.00 bits per heavy atom. The summed E-state index contributed by atoms with van der Waals surface area (Å²) in [5.41, 5.74) is 1.73. The van der Waals surface area contributed by atoms with Crippen LogP contribution in [0.4, 0.5) is 0 Å². The molecule has 0 aromatic heterocycles. The summed E-state index contributed by atoms with van der Waals surface area (Å²) >= 11 is 0. The molecule has 1 aromatic rings. The van der Waals surface area contributed by atoms with Gasteiger partial charge in [0, 0.05) is 32.7 Å². The fourth-order valence-electron chi connectivity index (χ4n) is 2.18. The molecule has 1 fully saturated rings. The van der Waals surface area contributed by atoms with Gasteiger partial charge in [0.2, 0.25) is 0 Å². The summed E-state index contributed by atoms with van der Waals surface area (Å²) in [5.74, 6) is 0.827. The van der Waals surface area contributed by atoms with Gasteiger partial charge in [-0.2, -0.15) is 5.26 Å². The van der Waals surface area contributed by atoms with Gasteiger partial charge in [0.1, 0.15) is 12.4 Å². The molecule has 0 bridgehead atoms. The number of benzene rings is 1. The van der Waals surface area contributed by atoms with Crippen LogP contribution in [-0.2, 0) is 0 Å². The lowest BCUT2D eigenvalue weighted by Gasteiger charge is -2.32. The van der Waals surface area contributed by atoms with Gasteiger partial charge in [-0.15, -0.1) is 0 Å². The lowest BCUT2D eigenvalue weighted by Crippen LogP contribution is -2.45. The summed E-state index contributed by atoms with van der Waals surface area (Å²) < 4.78 is 5.80. The molecule has 4 nitrogen and oxygen atoms in total. The molecule has 0 unspecified atom stereocenters. The molecular formula is C15H21N3O. The zero-order chi connectivity index (χ0) is 13.7. The first-order valence-corrected chi connectivity index (χ1v) is 6.73. The lowest BCUT2D eigenvalue weighted by atomic mass is 10.1. The predicted octanol–water partition coefficient (Wildman–Crippen LogP) is 1.49. The molecule has 0 radical (unpaired) electrons. The highest BCUT2D eigenvalue weighted by molar-refractivity contribution is 5.41. The fraction of sp³-hybridized carbons (Fsp3) is 0.533. The molecule has 1 aliphatic heterocycles. The molecule has 0 spiro atoms. The number of likely N-dealkylation sites (N-methyl/N-ethyl adjacent to an activating group) is 1. The van der Waals surface area contributed by atoms with Crippen molar-refractivity contribution in [2.75, 3.05) is 46.4 Å². The second-order valence-corrected chi connectivity index (χ2v) is 5.09. The van der Waals surface area contributed by atoms with Gasteiger partial charge < -0.3 is 9.64 Å². The summed E-state index contributed by atoms with van der Waals surface area (Å²) in [7, 11) is 2.16. The molecular weight excluding hydrogens is 238 g/mol. The minimum atomic E-state index is 0.653. The van der Waals surface area contributed by atoms with E-state index in [4.69, 9.17) is 10.00 Å². The first-order chi connectivity index (χ1) is 9.19. The van der Waals surface area contributed by atoms with Gasteiger partial charge >= 0.3 is 0 Å². The smallest absolute Gasteiger partial charge is 0.123 e. The minimum Gasteiger partial charge on any atom is -0.492 e. The van der Waals surface area contributed by atoms with Gasteiger partial charge in [-0.05, 0) is 31.7 Å². The van der Waals surface area contributed by atoms with Crippen molar-refractivity contribution in [2.45, 2.75) is 6.92 Å². The summed E-state index contributed by atoms with van der Waals surface area (Å²) in [6.07, 6.45) is 0. The summed E-state index contributed by atoms with van der Waals surface area (Å²) in [6.45, 7) is 8.11. The van der Waals surface area contributed by atoms with E-state index in [1.54, 1.807) is 0 Å². The number of hydrogen-bond acceptors (Lipinski definition) is 4. The van der Waals surface area contributed by atoms with Crippen molar-refractivity contribution in [1.82, 2.24) is 9.80 Å². The van der Waals surface area contributed by atoms with Crippen LogP contribution >= 0.6 is 0 Å². The molecule has 0 aliphatic carbocycles. The molecule has 0 N–H and O–H groups in total. The normalized spacial score (nSPS) is 17.1. The monoisotopic (exact) mass is 259 g/mol. The third-order valence-corrected chi connectivity index (χ3v) is 3.58. The number of nitriles is 1. The van der Waals surface area contributed by atoms with Crippen LogP contribution in [0.25, 0.3) is 0 Å².